The van der Waals surface area contributed by atoms with Crippen LogP contribution < -0.4 is 0 Å². The molecule has 2 spiro atoms. The van der Waals surface area contributed by atoms with Crippen molar-refractivity contribution >= 4 is 0 Å². The van der Waals surface area contributed by atoms with Crippen molar-refractivity contribution in [2.24, 2.45) is 34.0 Å². The Hall–Kier alpha value is -0.160. The largest absolute Gasteiger partial charge is 0.377 e. The average molecular weight is 350 g/mol. The van der Waals surface area contributed by atoms with Crippen molar-refractivity contribution in [3.8, 4) is 0 Å². The van der Waals surface area contributed by atoms with Crippen LogP contribution in [0.4, 0.5) is 0 Å². The fourth-order valence-corrected chi connectivity index (χ4v) is 8.51. The molecule has 9 atom stereocenters. The van der Waals surface area contributed by atoms with E-state index < -0.39 is 0 Å². The lowest BCUT2D eigenvalue weighted by Crippen LogP contribution is -2.53. The molecule has 142 valence electrons. The van der Waals surface area contributed by atoms with E-state index in [0.717, 1.165) is 32.7 Å². The number of hydrogen-bond acceptors (Lipinski definition) is 4. The van der Waals surface area contributed by atoms with E-state index in [4.69, 9.17) is 18.9 Å². The minimum absolute atomic E-state index is 0. The highest BCUT2D eigenvalue weighted by atomic mass is 16.7. The van der Waals surface area contributed by atoms with Gasteiger partial charge < -0.3 is 18.9 Å². The van der Waals surface area contributed by atoms with Crippen molar-refractivity contribution in [3.63, 3.8) is 0 Å². The normalized spacial score (nSPS) is 61.0. The average Bonchev–Trinajstić information content (AvgIpc) is 3.21. The van der Waals surface area contributed by atoms with E-state index in [1.165, 1.54) is 6.42 Å². The zero-order valence-electron chi connectivity index (χ0n) is 15.3. The van der Waals surface area contributed by atoms with Crippen LogP contribution in [0.25, 0.3) is 0 Å². The van der Waals surface area contributed by atoms with Gasteiger partial charge in [0, 0.05) is 23.4 Å². The minimum Gasteiger partial charge on any atom is -0.377 e. The first-order valence-corrected chi connectivity index (χ1v) is 9.89. The van der Waals surface area contributed by atoms with Crippen LogP contribution in [0.15, 0.2) is 0 Å². The summed E-state index contributed by atoms with van der Waals surface area (Å²) in [6.07, 6.45) is 4.10. The minimum atomic E-state index is -0.163. The fourth-order valence-electron chi connectivity index (χ4n) is 8.51. The lowest BCUT2D eigenvalue weighted by molar-refractivity contribution is -0.197. The molecule has 2 aliphatic carbocycles. The van der Waals surface area contributed by atoms with Gasteiger partial charge in [-0.15, -0.1) is 0 Å². The Morgan fingerprint density at radius 2 is 1.88 bits per heavy atom. The first-order chi connectivity index (χ1) is 11.4. The van der Waals surface area contributed by atoms with Crippen molar-refractivity contribution in [1.29, 1.82) is 0 Å². The van der Waals surface area contributed by atoms with Gasteiger partial charge in [0.25, 0.3) is 0 Å². The summed E-state index contributed by atoms with van der Waals surface area (Å²) in [6.45, 7) is 12.0. The highest BCUT2D eigenvalue weighted by Crippen LogP contribution is 2.83. The van der Waals surface area contributed by atoms with Crippen LogP contribution in [0.3, 0.4) is 0 Å². The Morgan fingerprint density at radius 1 is 1.08 bits per heavy atom. The quantitative estimate of drug-likeness (QED) is 0.668. The van der Waals surface area contributed by atoms with Crippen LogP contribution in [0.5, 0.6) is 0 Å². The number of hydrogen-bond donors (Lipinski definition) is 0. The maximum absolute atomic E-state index is 6.92. The maximum Gasteiger partial charge on any atom is 0.165 e. The zero-order valence-corrected chi connectivity index (χ0v) is 15.3. The van der Waals surface area contributed by atoms with Gasteiger partial charge in [-0.3, -0.25) is 0 Å². The van der Waals surface area contributed by atoms with E-state index in [2.05, 4.69) is 27.7 Å². The molecule has 4 saturated heterocycles. The molecule has 0 aromatic carbocycles. The molecule has 6 aliphatic rings. The zero-order chi connectivity index (χ0) is 16.5. The summed E-state index contributed by atoms with van der Waals surface area (Å²) in [6, 6.07) is 0. The molecule has 0 radical (unpaired) electrons. The Morgan fingerprint density at radius 3 is 2.64 bits per heavy atom. The third kappa shape index (κ3) is 1.47. The van der Waals surface area contributed by atoms with Crippen molar-refractivity contribution in [2.75, 3.05) is 19.8 Å². The van der Waals surface area contributed by atoms with Gasteiger partial charge >= 0.3 is 0 Å². The van der Waals surface area contributed by atoms with Crippen LogP contribution in [-0.4, -0.2) is 43.9 Å². The van der Waals surface area contributed by atoms with Gasteiger partial charge in [-0.05, 0) is 36.5 Å². The van der Waals surface area contributed by atoms with Crippen molar-refractivity contribution in [2.45, 2.75) is 78.5 Å². The summed E-state index contributed by atoms with van der Waals surface area (Å²) < 4.78 is 25.9. The summed E-state index contributed by atoms with van der Waals surface area (Å²) in [5.74, 6) is 1.63. The predicted octanol–water partition coefficient (Wildman–Crippen LogP) is 3.63. The Labute approximate surface area is 151 Å². The molecule has 2 saturated carbocycles. The summed E-state index contributed by atoms with van der Waals surface area (Å²) >= 11 is 0. The molecule has 4 nitrogen and oxygen atoms in total. The smallest absolute Gasteiger partial charge is 0.165 e. The monoisotopic (exact) mass is 350 g/mol. The molecule has 5 unspecified atom stereocenters. The lowest BCUT2D eigenvalue weighted by atomic mass is 9.53. The molecule has 4 aliphatic heterocycles. The Bertz CT molecular complexity index is 599. The van der Waals surface area contributed by atoms with E-state index in [0.29, 0.717) is 30.0 Å². The first-order valence-electron chi connectivity index (χ1n) is 9.89. The lowest BCUT2D eigenvalue weighted by Gasteiger charge is -2.47. The van der Waals surface area contributed by atoms with Crippen LogP contribution >= 0.6 is 0 Å². The number of ether oxygens (including phenoxy) is 4. The second kappa shape index (κ2) is 4.63. The molecular weight excluding hydrogens is 316 g/mol. The van der Waals surface area contributed by atoms with Gasteiger partial charge in [-0.2, -0.15) is 0 Å². The molecule has 0 bridgehead atoms. The van der Waals surface area contributed by atoms with Crippen molar-refractivity contribution < 1.29 is 18.9 Å². The molecule has 4 heterocycles. The van der Waals surface area contributed by atoms with Gasteiger partial charge in [0.15, 0.2) is 6.29 Å². The molecule has 6 fully saturated rings. The second-order valence-corrected chi connectivity index (χ2v) is 10.5. The summed E-state index contributed by atoms with van der Waals surface area (Å²) in [5.41, 5.74) is 0.324. The Balaban J connectivity index is 0.00000140. The highest BCUT2D eigenvalue weighted by Gasteiger charge is 2.90. The van der Waals surface area contributed by atoms with E-state index in [-0.39, 0.29) is 35.6 Å². The van der Waals surface area contributed by atoms with Gasteiger partial charge in [-0.25, -0.2) is 0 Å². The standard InChI is InChI=1S/C20H30O4.CH4/c1-11-9-22-12-8-19-14-7-13(17(2,3)4)18(19)5-6-21-16(18)24-20(19,10-23-14)15(11)12;/h11-16H,5-10H2,1-4H3;1H4/t11-,12?,13+,14?,15+,16?,18?,19?,20+;/m1./s1. The molecule has 0 N–H and O–H groups in total. The van der Waals surface area contributed by atoms with E-state index >= 15 is 0 Å². The van der Waals surface area contributed by atoms with Crippen LogP contribution in [0.2, 0.25) is 0 Å². The van der Waals surface area contributed by atoms with E-state index in [1.807, 2.05) is 0 Å². The van der Waals surface area contributed by atoms with Crippen LogP contribution in [0.1, 0.15) is 54.4 Å². The third-order valence-corrected chi connectivity index (χ3v) is 8.92. The summed E-state index contributed by atoms with van der Waals surface area (Å²) in [5, 5.41) is 0. The van der Waals surface area contributed by atoms with Crippen molar-refractivity contribution in [1.82, 2.24) is 0 Å². The second-order valence-electron chi connectivity index (χ2n) is 10.5. The number of fused-ring (bicyclic) bond motifs is 1. The predicted molar refractivity (Wildman–Crippen MR) is 94.1 cm³/mol. The van der Waals surface area contributed by atoms with Gasteiger partial charge in [0.05, 0.1) is 25.4 Å². The molecule has 25 heavy (non-hydrogen) atoms. The fraction of sp³-hybridized carbons (Fsp3) is 1.00. The van der Waals surface area contributed by atoms with Gasteiger partial charge in [0.2, 0.25) is 0 Å². The topological polar surface area (TPSA) is 36.9 Å². The summed E-state index contributed by atoms with van der Waals surface area (Å²) in [4.78, 5) is 0. The van der Waals surface area contributed by atoms with Crippen LogP contribution in [0, 0.1) is 34.0 Å². The molecule has 4 heteroatoms. The van der Waals surface area contributed by atoms with Crippen LogP contribution in [-0.2, 0) is 18.9 Å². The SMILES string of the molecule is C.C[C@@H]1COC2CC34C5C[C@@H](C(C)(C)C)C36CCOC6O[C@@]4(CO5)[C@H]21. The van der Waals surface area contributed by atoms with E-state index in [1.54, 1.807) is 0 Å². The molecule has 6 rings (SSSR count). The number of rotatable bonds is 0. The van der Waals surface area contributed by atoms with Gasteiger partial charge in [-0.1, -0.05) is 35.1 Å². The maximum atomic E-state index is 6.92. The highest BCUT2D eigenvalue weighted by molar-refractivity contribution is 5.35. The Kier molecular flexibility index (Phi) is 3.14. The molecular formula is C21H34O4. The molecule has 0 aromatic rings. The van der Waals surface area contributed by atoms with E-state index in [9.17, 15) is 0 Å². The van der Waals surface area contributed by atoms with Crippen molar-refractivity contribution in [3.05, 3.63) is 0 Å². The third-order valence-electron chi connectivity index (χ3n) is 8.92. The van der Waals surface area contributed by atoms with Gasteiger partial charge in [0.1, 0.15) is 5.60 Å². The summed E-state index contributed by atoms with van der Waals surface area (Å²) in [7, 11) is 0. The molecule has 0 aromatic heterocycles. The first kappa shape index (κ1) is 17.0. The molecule has 0 amide bonds.